The van der Waals surface area contributed by atoms with Crippen molar-refractivity contribution in [3.05, 3.63) is 48.2 Å². The number of anilines is 1. The average molecular weight is 242 g/mol. The fourth-order valence-corrected chi connectivity index (χ4v) is 1.80. The highest BCUT2D eigenvalue weighted by atomic mass is 19.1. The molecular formula is C13H11FN4. The smallest absolute Gasteiger partial charge is 0.142 e. The van der Waals surface area contributed by atoms with E-state index in [1.54, 1.807) is 35.9 Å². The number of aromatic nitrogens is 3. The Balaban J connectivity index is 2.16. The van der Waals surface area contributed by atoms with E-state index >= 15 is 0 Å². The lowest BCUT2D eigenvalue weighted by Gasteiger charge is -1.96. The average Bonchev–Trinajstić information content (AvgIpc) is 2.73. The molecule has 0 saturated carbocycles. The van der Waals surface area contributed by atoms with Crippen LogP contribution in [0.4, 0.5) is 10.2 Å². The highest BCUT2D eigenvalue weighted by Gasteiger charge is 2.07. The summed E-state index contributed by atoms with van der Waals surface area (Å²) < 4.78 is 15.1. The summed E-state index contributed by atoms with van der Waals surface area (Å²) in [5.74, 6) is 0.214. The molecule has 0 saturated heterocycles. The molecule has 0 bridgehead atoms. The Morgan fingerprint density at radius 3 is 2.83 bits per heavy atom. The van der Waals surface area contributed by atoms with Gasteiger partial charge in [-0.1, -0.05) is 0 Å². The summed E-state index contributed by atoms with van der Waals surface area (Å²) in [6.07, 6.45) is 4.84. The van der Waals surface area contributed by atoms with Gasteiger partial charge in [-0.15, -0.1) is 0 Å². The molecule has 0 aromatic carbocycles. The van der Waals surface area contributed by atoms with Crippen LogP contribution >= 0.6 is 0 Å². The third kappa shape index (κ3) is 1.69. The number of hydrogen-bond acceptors (Lipinski definition) is 3. The Hall–Kier alpha value is -2.43. The minimum atomic E-state index is -0.248. The number of nitrogens with zero attached hydrogens (tertiary/aromatic N) is 3. The summed E-state index contributed by atoms with van der Waals surface area (Å²) in [6, 6.07) is 5.27. The Labute approximate surface area is 103 Å². The summed E-state index contributed by atoms with van der Waals surface area (Å²) in [4.78, 5) is 8.45. The van der Waals surface area contributed by atoms with Gasteiger partial charge in [0.05, 0.1) is 5.69 Å². The molecule has 0 aliphatic rings. The molecule has 0 unspecified atom stereocenters. The molecule has 3 aromatic rings. The number of fused-ring (bicyclic) bond motifs is 1. The van der Waals surface area contributed by atoms with Gasteiger partial charge in [0.1, 0.15) is 17.3 Å². The van der Waals surface area contributed by atoms with Gasteiger partial charge in [-0.2, -0.15) is 0 Å². The third-order valence-electron chi connectivity index (χ3n) is 2.82. The van der Waals surface area contributed by atoms with Crippen LogP contribution in [0.2, 0.25) is 0 Å². The van der Waals surface area contributed by atoms with Gasteiger partial charge in [0.2, 0.25) is 0 Å². The molecule has 0 amide bonds. The molecule has 90 valence electrons. The van der Waals surface area contributed by atoms with Crippen molar-refractivity contribution in [2.45, 2.75) is 6.92 Å². The van der Waals surface area contributed by atoms with Crippen molar-refractivity contribution in [1.29, 1.82) is 0 Å². The second-order valence-electron chi connectivity index (χ2n) is 4.17. The number of imidazole rings is 1. The van der Waals surface area contributed by atoms with E-state index in [4.69, 9.17) is 5.73 Å². The largest absolute Gasteiger partial charge is 0.384 e. The molecule has 5 heteroatoms. The topological polar surface area (TPSA) is 56.2 Å². The van der Waals surface area contributed by atoms with Crippen molar-refractivity contribution in [2.75, 3.05) is 5.73 Å². The summed E-state index contributed by atoms with van der Waals surface area (Å²) in [5.41, 5.74) is 8.42. The van der Waals surface area contributed by atoms with Crippen molar-refractivity contribution in [3.63, 3.8) is 0 Å². The maximum Gasteiger partial charge on any atom is 0.142 e. The van der Waals surface area contributed by atoms with Gasteiger partial charge in [-0.25, -0.2) is 14.4 Å². The lowest BCUT2D eigenvalue weighted by atomic mass is 10.2. The molecule has 0 radical (unpaired) electrons. The molecule has 0 fully saturated rings. The molecule has 0 aliphatic carbocycles. The number of pyridine rings is 2. The Kier molecular flexibility index (Phi) is 2.26. The maximum absolute atomic E-state index is 13.4. The normalized spacial score (nSPS) is 11.0. The zero-order valence-electron chi connectivity index (χ0n) is 9.76. The summed E-state index contributed by atoms with van der Waals surface area (Å²) in [5, 5.41) is 0. The van der Waals surface area contributed by atoms with Crippen LogP contribution in [0.3, 0.4) is 0 Å². The zero-order chi connectivity index (χ0) is 12.7. The fraction of sp³-hybridized carbons (Fsp3) is 0.0769. The van der Waals surface area contributed by atoms with E-state index in [0.29, 0.717) is 17.0 Å². The lowest BCUT2D eigenvalue weighted by molar-refractivity contribution is 0.610. The van der Waals surface area contributed by atoms with Crippen LogP contribution in [0.25, 0.3) is 16.9 Å². The molecular weight excluding hydrogens is 231 g/mol. The van der Waals surface area contributed by atoms with Crippen LogP contribution in [-0.4, -0.2) is 14.4 Å². The molecule has 3 rings (SSSR count). The van der Waals surface area contributed by atoms with Crippen molar-refractivity contribution >= 4 is 11.5 Å². The molecule has 0 spiro atoms. The van der Waals surface area contributed by atoms with Gasteiger partial charge in [-0.3, -0.25) is 0 Å². The second-order valence-corrected chi connectivity index (χ2v) is 4.17. The van der Waals surface area contributed by atoms with Crippen LogP contribution in [0.1, 0.15) is 5.56 Å². The first-order chi connectivity index (χ1) is 8.63. The first kappa shape index (κ1) is 10.7. The van der Waals surface area contributed by atoms with E-state index in [2.05, 4.69) is 9.97 Å². The van der Waals surface area contributed by atoms with E-state index in [1.807, 2.05) is 6.07 Å². The van der Waals surface area contributed by atoms with E-state index in [0.717, 1.165) is 11.3 Å². The van der Waals surface area contributed by atoms with Crippen molar-refractivity contribution in [1.82, 2.24) is 14.4 Å². The molecule has 18 heavy (non-hydrogen) atoms. The quantitative estimate of drug-likeness (QED) is 0.713. The monoisotopic (exact) mass is 242 g/mol. The number of nitrogens with two attached hydrogens (primary N) is 1. The van der Waals surface area contributed by atoms with Crippen LogP contribution in [0, 0.1) is 12.7 Å². The summed E-state index contributed by atoms with van der Waals surface area (Å²) in [7, 11) is 0. The van der Waals surface area contributed by atoms with Crippen LogP contribution < -0.4 is 5.73 Å². The van der Waals surface area contributed by atoms with E-state index < -0.39 is 0 Å². The molecule has 0 atom stereocenters. The number of aryl methyl sites for hydroxylation is 1. The maximum atomic E-state index is 13.4. The molecule has 4 nitrogen and oxygen atoms in total. The summed E-state index contributed by atoms with van der Waals surface area (Å²) >= 11 is 0. The van der Waals surface area contributed by atoms with Crippen molar-refractivity contribution in [3.8, 4) is 11.3 Å². The van der Waals surface area contributed by atoms with Gasteiger partial charge < -0.3 is 10.1 Å². The number of nitrogen functional groups attached to an aromatic ring is 1. The predicted octanol–water partition coefficient (Wildman–Crippen LogP) is 2.43. The fourth-order valence-electron chi connectivity index (χ4n) is 1.80. The Morgan fingerprint density at radius 1 is 1.28 bits per heavy atom. The predicted molar refractivity (Wildman–Crippen MR) is 67.5 cm³/mol. The molecule has 2 N–H and O–H groups in total. The highest BCUT2D eigenvalue weighted by Crippen LogP contribution is 2.20. The minimum absolute atomic E-state index is 0.248. The molecule has 3 aromatic heterocycles. The lowest BCUT2D eigenvalue weighted by Crippen LogP contribution is -1.88. The Morgan fingerprint density at radius 2 is 2.11 bits per heavy atom. The SMILES string of the molecule is Cc1cc2nc(-c3ccc(N)nc3)cn2cc1F. The minimum Gasteiger partial charge on any atom is -0.384 e. The van der Waals surface area contributed by atoms with Crippen LogP contribution in [0.5, 0.6) is 0 Å². The van der Waals surface area contributed by atoms with Crippen LogP contribution in [-0.2, 0) is 0 Å². The number of halogens is 1. The first-order valence-electron chi connectivity index (χ1n) is 5.50. The third-order valence-corrected chi connectivity index (χ3v) is 2.82. The first-order valence-corrected chi connectivity index (χ1v) is 5.50. The zero-order valence-corrected chi connectivity index (χ0v) is 9.76. The summed E-state index contributed by atoms with van der Waals surface area (Å²) in [6.45, 7) is 1.72. The molecule has 3 heterocycles. The van der Waals surface area contributed by atoms with Gasteiger partial charge in [-0.05, 0) is 30.7 Å². The van der Waals surface area contributed by atoms with Crippen LogP contribution in [0.15, 0.2) is 36.8 Å². The van der Waals surface area contributed by atoms with E-state index in [9.17, 15) is 4.39 Å². The van der Waals surface area contributed by atoms with E-state index in [-0.39, 0.29) is 5.82 Å². The van der Waals surface area contributed by atoms with Gasteiger partial charge in [0.25, 0.3) is 0 Å². The highest BCUT2D eigenvalue weighted by molar-refractivity contribution is 5.63. The van der Waals surface area contributed by atoms with Crippen molar-refractivity contribution in [2.24, 2.45) is 0 Å². The van der Waals surface area contributed by atoms with Gasteiger partial charge in [0, 0.05) is 24.2 Å². The standard InChI is InChI=1S/C13H11FN4/c1-8-4-13-17-11(7-18(13)6-10(8)14)9-2-3-12(15)16-5-9/h2-7H,1H3,(H2,15,16). The van der Waals surface area contributed by atoms with Crippen molar-refractivity contribution < 1.29 is 4.39 Å². The number of rotatable bonds is 1. The second kappa shape index (κ2) is 3.80. The van der Waals surface area contributed by atoms with Gasteiger partial charge in [0.15, 0.2) is 0 Å². The van der Waals surface area contributed by atoms with E-state index in [1.165, 1.54) is 6.20 Å². The molecule has 0 aliphatic heterocycles. The van der Waals surface area contributed by atoms with Gasteiger partial charge >= 0.3 is 0 Å². The number of hydrogen-bond donors (Lipinski definition) is 1. The Bertz CT molecular complexity index is 677.